The van der Waals surface area contributed by atoms with Crippen LogP contribution >= 0.6 is 0 Å². The molecule has 1 aromatic heterocycles. The summed E-state index contributed by atoms with van der Waals surface area (Å²) in [5.74, 6) is 0.105. The van der Waals surface area contributed by atoms with E-state index in [2.05, 4.69) is 14.4 Å². The number of anilines is 1. The van der Waals surface area contributed by atoms with Crippen molar-refractivity contribution in [2.45, 2.75) is 4.90 Å². The molecule has 0 fully saturated rings. The third-order valence-corrected chi connectivity index (χ3v) is 3.19. The zero-order chi connectivity index (χ0) is 11.6. The Morgan fingerprint density at radius 1 is 1.19 bits per heavy atom. The van der Waals surface area contributed by atoms with Crippen molar-refractivity contribution in [2.75, 3.05) is 4.72 Å². The highest BCUT2D eigenvalue weighted by Crippen LogP contribution is 2.17. The minimum absolute atomic E-state index is 0.000358. The predicted octanol–water partition coefficient (Wildman–Crippen LogP) is 1.18. The largest absolute Gasteiger partial charge is 0.508 e. The van der Waals surface area contributed by atoms with Crippen LogP contribution in [0.5, 0.6) is 5.75 Å². The van der Waals surface area contributed by atoms with E-state index in [1.807, 2.05) is 0 Å². The second-order valence-corrected chi connectivity index (χ2v) is 4.67. The van der Waals surface area contributed by atoms with Gasteiger partial charge in [-0.1, -0.05) is 5.16 Å². The summed E-state index contributed by atoms with van der Waals surface area (Å²) in [5.41, 5.74) is 0. The van der Waals surface area contributed by atoms with Gasteiger partial charge in [0, 0.05) is 6.07 Å². The number of aromatic nitrogens is 1. The highest BCUT2D eigenvalue weighted by atomic mass is 32.2. The van der Waals surface area contributed by atoms with Crippen LogP contribution in [-0.4, -0.2) is 18.7 Å². The molecule has 1 heterocycles. The molecule has 0 unspecified atom stereocenters. The molecule has 0 saturated carbocycles. The molecule has 0 aliphatic heterocycles. The predicted molar refractivity (Wildman–Crippen MR) is 55.4 cm³/mol. The van der Waals surface area contributed by atoms with Crippen LogP contribution in [0.2, 0.25) is 0 Å². The lowest BCUT2D eigenvalue weighted by Crippen LogP contribution is -2.12. The number of sulfonamides is 1. The smallest absolute Gasteiger partial charge is 0.263 e. The number of nitrogens with zero attached hydrogens (tertiary/aromatic N) is 1. The maximum absolute atomic E-state index is 11.7. The summed E-state index contributed by atoms with van der Waals surface area (Å²) < 4.78 is 30.2. The first-order valence-electron chi connectivity index (χ1n) is 4.30. The number of hydrogen-bond donors (Lipinski definition) is 2. The molecule has 2 N–H and O–H groups in total. The first kappa shape index (κ1) is 10.5. The molecule has 0 bridgehead atoms. The van der Waals surface area contributed by atoms with Crippen LogP contribution in [0.1, 0.15) is 0 Å². The van der Waals surface area contributed by atoms with Crippen molar-refractivity contribution in [3.05, 3.63) is 36.6 Å². The van der Waals surface area contributed by atoms with Gasteiger partial charge in [-0.05, 0) is 24.3 Å². The molecule has 0 atom stereocenters. The van der Waals surface area contributed by atoms with Crippen molar-refractivity contribution in [2.24, 2.45) is 0 Å². The van der Waals surface area contributed by atoms with E-state index >= 15 is 0 Å². The third-order valence-electron chi connectivity index (χ3n) is 1.82. The van der Waals surface area contributed by atoms with Gasteiger partial charge in [0.1, 0.15) is 12.0 Å². The normalized spacial score (nSPS) is 11.2. The van der Waals surface area contributed by atoms with Crippen LogP contribution in [-0.2, 0) is 10.0 Å². The number of nitrogens with one attached hydrogen (secondary N) is 1. The average molecular weight is 240 g/mol. The lowest BCUT2D eigenvalue weighted by molar-refractivity contribution is 0.423. The Morgan fingerprint density at radius 3 is 2.44 bits per heavy atom. The fraction of sp³-hybridized carbons (Fsp3) is 0. The van der Waals surface area contributed by atoms with E-state index in [4.69, 9.17) is 5.11 Å². The molecule has 0 radical (unpaired) electrons. The molecule has 6 nitrogen and oxygen atoms in total. The van der Waals surface area contributed by atoms with E-state index in [-0.39, 0.29) is 16.5 Å². The number of phenolic OH excluding ortho intramolecular Hbond substituents is 1. The average Bonchev–Trinajstić information content (AvgIpc) is 2.70. The maximum atomic E-state index is 11.7. The van der Waals surface area contributed by atoms with Gasteiger partial charge in [-0.3, -0.25) is 4.72 Å². The standard InChI is InChI=1S/C9H8N2O4S/c12-7-1-3-8(4-2-7)16(13,14)11-9-5-6-15-10-9/h1-6,12H,(H,10,11). The second-order valence-electron chi connectivity index (χ2n) is 2.98. The Morgan fingerprint density at radius 2 is 1.88 bits per heavy atom. The molecule has 0 saturated heterocycles. The molecule has 0 aliphatic carbocycles. The Hall–Kier alpha value is -2.02. The topological polar surface area (TPSA) is 92.4 Å². The second kappa shape index (κ2) is 3.86. The zero-order valence-corrected chi connectivity index (χ0v) is 8.81. The molecular formula is C9H8N2O4S. The van der Waals surface area contributed by atoms with Crippen LogP contribution in [0.3, 0.4) is 0 Å². The van der Waals surface area contributed by atoms with Gasteiger partial charge >= 0.3 is 0 Å². The van der Waals surface area contributed by atoms with E-state index in [0.29, 0.717) is 0 Å². The number of hydrogen-bond acceptors (Lipinski definition) is 5. The molecule has 2 aromatic rings. The van der Waals surface area contributed by atoms with Crippen LogP contribution in [0.25, 0.3) is 0 Å². The molecule has 1 aromatic carbocycles. The van der Waals surface area contributed by atoms with Gasteiger partial charge in [0.15, 0.2) is 5.82 Å². The fourth-order valence-electron chi connectivity index (χ4n) is 1.09. The molecule has 16 heavy (non-hydrogen) atoms. The van der Waals surface area contributed by atoms with Gasteiger partial charge in [-0.25, -0.2) is 8.42 Å². The lowest BCUT2D eigenvalue weighted by atomic mass is 10.3. The van der Waals surface area contributed by atoms with E-state index in [9.17, 15) is 8.42 Å². The summed E-state index contributed by atoms with van der Waals surface area (Å²) in [4.78, 5) is 0.0355. The van der Waals surface area contributed by atoms with Gasteiger partial charge in [-0.2, -0.15) is 0 Å². The minimum atomic E-state index is -3.68. The molecule has 0 spiro atoms. The highest BCUT2D eigenvalue weighted by Gasteiger charge is 2.15. The molecule has 84 valence electrons. The third kappa shape index (κ3) is 2.14. The molecule has 2 rings (SSSR count). The van der Waals surface area contributed by atoms with Crippen molar-refractivity contribution < 1.29 is 18.0 Å². The van der Waals surface area contributed by atoms with Gasteiger partial charge in [0.05, 0.1) is 4.90 Å². The van der Waals surface area contributed by atoms with Crippen LogP contribution < -0.4 is 4.72 Å². The number of aromatic hydroxyl groups is 1. The van der Waals surface area contributed by atoms with E-state index in [0.717, 1.165) is 0 Å². The Bertz CT molecular complexity index is 560. The SMILES string of the molecule is O=S(=O)(Nc1ccon1)c1ccc(O)cc1. The molecule has 0 aliphatic rings. The quantitative estimate of drug-likeness (QED) is 0.840. The Balaban J connectivity index is 2.29. The summed E-state index contributed by atoms with van der Waals surface area (Å²) in [5, 5.41) is 12.5. The summed E-state index contributed by atoms with van der Waals surface area (Å²) in [6, 6.07) is 6.54. The van der Waals surface area contributed by atoms with Crippen molar-refractivity contribution in [3.63, 3.8) is 0 Å². The van der Waals surface area contributed by atoms with Crippen LogP contribution in [0, 0.1) is 0 Å². The van der Waals surface area contributed by atoms with Crippen LogP contribution in [0.4, 0.5) is 5.82 Å². The summed E-state index contributed by atoms with van der Waals surface area (Å²) in [6.45, 7) is 0. The van der Waals surface area contributed by atoms with Crippen LogP contribution in [0.15, 0.2) is 46.0 Å². The summed E-state index contributed by atoms with van der Waals surface area (Å²) in [7, 11) is -3.68. The fourth-order valence-corrected chi connectivity index (χ4v) is 2.08. The Labute approximate surface area is 91.6 Å². The number of rotatable bonds is 3. The van der Waals surface area contributed by atoms with Crippen molar-refractivity contribution in [3.8, 4) is 5.75 Å². The van der Waals surface area contributed by atoms with E-state index in [1.165, 1.54) is 36.6 Å². The lowest BCUT2D eigenvalue weighted by Gasteiger charge is -2.04. The molecule has 0 amide bonds. The van der Waals surface area contributed by atoms with Crippen molar-refractivity contribution >= 4 is 15.8 Å². The molecule has 7 heteroatoms. The van der Waals surface area contributed by atoms with Gasteiger partial charge in [0.25, 0.3) is 10.0 Å². The summed E-state index contributed by atoms with van der Waals surface area (Å²) in [6.07, 6.45) is 1.26. The Kier molecular flexibility index (Phi) is 2.53. The van der Waals surface area contributed by atoms with Gasteiger partial charge in [-0.15, -0.1) is 0 Å². The first-order chi connectivity index (χ1) is 7.58. The number of phenols is 1. The van der Waals surface area contributed by atoms with Gasteiger partial charge in [0.2, 0.25) is 0 Å². The molecular weight excluding hydrogens is 232 g/mol. The summed E-state index contributed by atoms with van der Waals surface area (Å²) >= 11 is 0. The monoisotopic (exact) mass is 240 g/mol. The van der Waals surface area contributed by atoms with E-state index < -0.39 is 10.0 Å². The zero-order valence-electron chi connectivity index (χ0n) is 7.99. The maximum Gasteiger partial charge on any atom is 0.263 e. The highest BCUT2D eigenvalue weighted by molar-refractivity contribution is 7.92. The first-order valence-corrected chi connectivity index (χ1v) is 5.78. The number of benzene rings is 1. The van der Waals surface area contributed by atoms with E-state index in [1.54, 1.807) is 0 Å². The van der Waals surface area contributed by atoms with Crippen molar-refractivity contribution in [1.29, 1.82) is 0 Å². The van der Waals surface area contributed by atoms with Crippen molar-refractivity contribution in [1.82, 2.24) is 5.16 Å². The van der Waals surface area contributed by atoms with Gasteiger partial charge < -0.3 is 9.63 Å². The minimum Gasteiger partial charge on any atom is -0.508 e.